The molecule has 0 aliphatic rings. The normalized spacial score (nSPS) is 13.9. The molecule has 112 valence electrons. The predicted molar refractivity (Wildman–Crippen MR) is 92.0 cm³/mol. The van der Waals surface area contributed by atoms with Crippen LogP contribution in [0.25, 0.3) is 0 Å². The van der Waals surface area contributed by atoms with Gasteiger partial charge in [-0.1, -0.05) is 61.0 Å². The van der Waals surface area contributed by atoms with Gasteiger partial charge in [0.25, 0.3) is 0 Å². The maximum Gasteiger partial charge on any atom is 0.0408 e. The Balaban J connectivity index is 1.89. The summed E-state index contributed by atoms with van der Waals surface area (Å²) in [6.07, 6.45) is 3.22. The van der Waals surface area contributed by atoms with Gasteiger partial charge in [0.15, 0.2) is 0 Å². The third-order valence-corrected chi connectivity index (χ3v) is 4.00. The zero-order chi connectivity index (χ0) is 15.1. The maximum absolute atomic E-state index is 6.05. The first kappa shape index (κ1) is 16.1. The Bertz CT molecular complexity index is 538. The molecule has 2 aromatic carbocycles. The molecule has 0 aliphatic heterocycles. The zero-order valence-electron chi connectivity index (χ0n) is 12.9. The molecule has 2 atom stereocenters. The first-order valence-corrected chi connectivity index (χ1v) is 8.09. The van der Waals surface area contributed by atoms with Crippen molar-refractivity contribution in [3.8, 4) is 0 Å². The lowest BCUT2D eigenvalue weighted by Gasteiger charge is -2.22. The average molecular weight is 302 g/mol. The van der Waals surface area contributed by atoms with Crippen LogP contribution in [0, 0.1) is 0 Å². The third-order valence-electron chi connectivity index (χ3n) is 3.77. The molecule has 0 aliphatic carbocycles. The number of nitrogens with one attached hydrogen (secondary N) is 1. The minimum absolute atomic E-state index is 0.442. The van der Waals surface area contributed by atoms with Crippen LogP contribution in [-0.4, -0.2) is 12.1 Å². The van der Waals surface area contributed by atoms with Gasteiger partial charge in [-0.05, 0) is 49.4 Å². The molecule has 0 saturated heterocycles. The fraction of sp³-hybridized carbons (Fsp3) is 0.368. The highest BCUT2D eigenvalue weighted by atomic mass is 35.5. The quantitative estimate of drug-likeness (QED) is 0.768. The summed E-state index contributed by atoms with van der Waals surface area (Å²) in [5.74, 6) is 0. The maximum atomic E-state index is 6.05. The van der Waals surface area contributed by atoms with Crippen LogP contribution in [0.2, 0.25) is 5.02 Å². The van der Waals surface area contributed by atoms with Crippen molar-refractivity contribution < 1.29 is 0 Å². The van der Waals surface area contributed by atoms with Crippen molar-refractivity contribution in [1.29, 1.82) is 0 Å². The minimum atomic E-state index is 0.442. The summed E-state index contributed by atoms with van der Waals surface area (Å²) in [6.45, 7) is 4.49. The van der Waals surface area contributed by atoms with E-state index in [1.54, 1.807) is 0 Å². The number of rotatable bonds is 7. The van der Waals surface area contributed by atoms with E-state index in [0.717, 1.165) is 24.3 Å². The molecule has 21 heavy (non-hydrogen) atoms. The molecule has 0 amide bonds. The molecule has 0 aromatic heterocycles. The Morgan fingerprint density at radius 2 is 1.67 bits per heavy atom. The van der Waals surface area contributed by atoms with Crippen LogP contribution in [0.3, 0.4) is 0 Å². The lowest BCUT2D eigenvalue weighted by Crippen LogP contribution is -2.38. The molecule has 1 nitrogen and oxygen atoms in total. The topological polar surface area (TPSA) is 12.0 Å². The standard InChI is InChI=1S/C19H24ClN/c1-3-19(14-16-8-5-4-6-9-16)21-15(2)12-17-10-7-11-18(20)13-17/h4-11,13,15,19,21H,3,12,14H2,1-2H3. The lowest BCUT2D eigenvalue weighted by atomic mass is 10.0. The van der Waals surface area contributed by atoms with E-state index in [4.69, 9.17) is 11.6 Å². The van der Waals surface area contributed by atoms with Crippen molar-refractivity contribution in [2.45, 2.75) is 45.2 Å². The molecule has 0 bridgehead atoms. The number of hydrogen-bond acceptors (Lipinski definition) is 1. The van der Waals surface area contributed by atoms with E-state index in [1.807, 2.05) is 12.1 Å². The van der Waals surface area contributed by atoms with E-state index < -0.39 is 0 Å². The van der Waals surface area contributed by atoms with Gasteiger partial charge in [-0.2, -0.15) is 0 Å². The SMILES string of the molecule is CCC(Cc1ccccc1)NC(C)Cc1cccc(Cl)c1. The van der Waals surface area contributed by atoms with E-state index in [-0.39, 0.29) is 0 Å². The largest absolute Gasteiger partial charge is 0.311 e. The van der Waals surface area contributed by atoms with Crippen LogP contribution < -0.4 is 5.32 Å². The van der Waals surface area contributed by atoms with Gasteiger partial charge in [-0.3, -0.25) is 0 Å². The summed E-state index contributed by atoms with van der Waals surface area (Å²) < 4.78 is 0. The molecule has 0 heterocycles. The van der Waals surface area contributed by atoms with Crippen LogP contribution in [0.15, 0.2) is 54.6 Å². The van der Waals surface area contributed by atoms with Gasteiger partial charge in [0.1, 0.15) is 0 Å². The van der Waals surface area contributed by atoms with E-state index in [2.05, 4.69) is 61.6 Å². The molecular formula is C19H24ClN. The van der Waals surface area contributed by atoms with Crippen LogP contribution in [0.5, 0.6) is 0 Å². The average Bonchev–Trinajstić information content (AvgIpc) is 2.47. The molecule has 0 radical (unpaired) electrons. The van der Waals surface area contributed by atoms with Gasteiger partial charge in [0.05, 0.1) is 0 Å². The molecular weight excluding hydrogens is 278 g/mol. The summed E-state index contributed by atoms with van der Waals surface area (Å²) in [6, 6.07) is 19.8. The monoisotopic (exact) mass is 301 g/mol. The molecule has 0 saturated carbocycles. The number of hydrogen-bond donors (Lipinski definition) is 1. The highest BCUT2D eigenvalue weighted by Crippen LogP contribution is 2.13. The second-order valence-corrected chi connectivity index (χ2v) is 6.13. The molecule has 2 unspecified atom stereocenters. The van der Waals surface area contributed by atoms with Crippen molar-refractivity contribution >= 4 is 11.6 Å². The van der Waals surface area contributed by atoms with Gasteiger partial charge < -0.3 is 5.32 Å². The Morgan fingerprint density at radius 1 is 0.952 bits per heavy atom. The Morgan fingerprint density at radius 3 is 2.33 bits per heavy atom. The predicted octanol–water partition coefficient (Wildman–Crippen LogP) is 4.88. The summed E-state index contributed by atoms with van der Waals surface area (Å²) in [7, 11) is 0. The Labute approximate surface area is 133 Å². The third kappa shape index (κ3) is 5.53. The van der Waals surface area contributed by atoms with Gasteiger partial charge in [-0.25, -0.2) is 0 Å². The van der Waals surface area contributed by atoms with E-state index in [9.17, 15) is 0 Å². The highest BCUT2D eigenvalue weighted by molar-refractivity contribution is 6.30. The smallest absolute Gasteiger partial charge is 0.0408 e. The van der Waals surface area contributed by atoms with Gasteiger partial charge >= 0.3 is 0 Å². The van der Waals surface area contributed by atoms with Crippen LogP contribution >= 0.6 is 11.6 Å². The minimum Gasteiger partial charge on any atom is -0.311 e. The van der Waals surface area contributed by atoms with Crippen LogP contribution in [0.1, 0.15) is 31.4 Å². The summed E-state index contributed by atoms with van der Waals surface area (Å²) >= 11 is 6.05. The molecule has 0 spiro atoms. The van der Waals surface area contributed by atoms with Gasteiger partial charge in [-0.15, -0.1) is 0 Å². The fourth-order valence-corrected chi connectivity index (χ4v) is 2.91. The van der Waals surface area contributed by atoms with E-state index in [0.29, 0.717) is 12.1 Å². The van der Waals surface area contributed by atoms with Gasteiger partial charge in [0.2, 0.25) is 0 Å². The second-order valence-electron chi connectivity index (χ2n) is 5.70. The van der Waals surface area contributed by atoms with E-state index in [1.165, 1.54) is 11.1 Å². The summed E-state index contributed by atoms with van der Waals surface area (Å²) in [4.78, 5) is 0. The first-order chi connectivity index (χ1) is 10.2. The molecule has 2 heteroatoms. The summed E-state index contributed by atoms with van der Waals surface area (Å²) in [5, 5.41) is 4.56. The lowest BCUT2D eigenvalue weighted by molar-refractivity contribution is 0.429. The summed E-state index contributed by atoms with van der Waals surface area (Å²) in [5.41, 5.74) is 2.68. The van der Waals surface area contributed by atoms with Gasteiger partial charge in [0, 0.05) is 17.1 Å². The molecule has 2 rings (SSSR count). The highest BCUT2D eigenvalue weighted by Gasteiger charge is 2.11. The second kappa shape index (κ2) is 8.21. The van der Waals surface area contributed by atoms with Crippen LogP contribution in [0.4, 0.5) is 0 Å². The van der Waals surface area contributed by atoms with Crippen molar-refractivity contribution in [3.63, 3.8) is 0 Å². The molecule has 0 fully saturated rings. The zero-order valence-corrected chi connectivity index (χ0v) is 13.6. The van der Waals surface area contributed by atoms with E-state index >= 15 is 0 Å². The van der Waals surface area contributed by atoms with Crippen molar-refractivity contribution in [1.82, 2.24) is 5.32 Å². The fourth-order valence-electron chi connectivity index (χ4n) is 2.70. The Hall–Kier alpha value is -1.31. The number of benzene rings is 2. The van der Waals surface area contributed by atoms with Crippen molar-refractivity contribution in [3.05, 3.63) is 70.7 Å². The first-order valence-electron chi connectivity index (χ1n) is 7.71. The van der Waals surface area contributed by atoms with Crippen LogP contribution in [-0.2, 0) is 12.8 Å². The Kier molecular flexibility index (Phi) is 6.28. The van der Waals surface area contributed by atoms with Crippen molar-refractivity contribution in [2.24, 2.45) is 0 Å². The molecule has 1 N–H and O–H groups in total. The molecule has 2 aromatic rings. The number of halogens is 1. The van der Waals surface area contributed by atoms with Crippen molar-refractivity contribution in [2.75, 3.05) is 0 Å².